The molecule has 2 atom stereocenters. The van der Waals surface area contributed by atoms with Crippen molar-refractivity contribution >= 4 is 5.97 Å². The SMILES string of the molecule is C=C(CN1CC(OC)C(OC)C1)C(=O)O. The minimum absolute atomic E-state index is 0.0107. The van der Waals surface area contributed by atoms with E-state index in [1.807, 2.05) is 4.90 Å². The van der Waals surface area contributed by atoms with Crippen LogP contribution in [0.15, 0.2) is 12.2 Å². The van der Waals surface area contributed by atoms with Gasteiger partial charge in [-0.15, -0.1) is 0 Å². The summed E-state index contributed by atoms with van der Waals surface area (Å²) in [6, 6.07) is 0. The van der Waals surface area contributed by atoms with Crippen LogP contribution in [-0.2, 0) is 14.3 Å². The summed E-state index contributed by atoms with van der Waals surface area (Å²) in [5, 5.41) is 8.70. The number of carboxylic acid groups (broad SMARTS) is 1. The van der Waals surface area contributed by atoms with Crippen LogP contribution in [0.4, 0.5) is 0 Å². The molecule has 2 unspecified atom stereocenters. The van der Waals surface area contributed by atoms with E-state index in [0.717, 1.165) is 0 Å². The van der Waals surface area contributed by atoms with Crippen LogP contribution in [0, 0.1) is 0 Å². The molecule has 0 bridgehead atoms. The number of hydrogen-bond donors (Lipinski definition) is 1. The van der Waals surface area contributed by atoms with E-state index in [4.69, 9.17) is 14.6 Å². The molecule has 0 aromatic heterocycles. The summed E-state index contributed by atoms with van der Waals surface area (Å²) >= 11 is 0. The van der Waals surface area contributed by atoms with Crippen molar-refractivity contribution in [1.82, 2.24) is 4.90 Å². The summed E-state index contributed by atoms with van der Waals surface area (Å²) in [6.07, 6.45) is 0.0215. The quantitative estimate of drug-likeness (QED) is 0.653. The van der Waals surface area contributed by atoms with Gasteiger partial charge in [-0.1, -0.05) is 6.58 Å². The van der Waals surface area contributed by atoms with E-state index in [1.54, 1.807) is 14.2 Å². The Balaban J connectivity index is 2.47. The van der Waals surface area contributed by atoms with Crippen LogP contribution in [0.2, 0.25) is 0 Å². The first-order valence-electron chi connectivity index (χ1n) is 4.77. The lowest BCUT2D eigenvalue weighted by Gasteiger charge is -2.14. The molecule has 0 radical (unpaired) electrons. The molecule has 5 heteroatoms. The molecule has 5 nitrogen and oxygen atoms in total. The predicted molar refractivity (Wildman–Crippen MR) is 54.8 cm³/mol. The maximum Gasteiger partial charge on any atom is 0.332 e. The molecule has 1 aliphatic heterocycles. The maximum atomic E-state index is 10.6. The molecule has 1 heterocycles. The third-order valence-electron chi connectivity index (χ3n) is 2.61. The van der Waals surface area contributed by atoms with Crippen molar-refractivity contribution in [1.29, 1.82) is 0 Å². The second kappa shape index (κ2) is 5.25. The Morgan fingerprint density at radius 1 is 1.40 bits per heavy atom. The highest BCUT2D eigenvalue weighted by Crippen LogP contribution is 2.16. The highest BCUT2D eigenvalue weighted by molar-refractivity contribution is 5.86. The number of nitrogens with zero attached hydrogens (tertiary/aromatic N) is 1. The third kappa shape index (κ3) is 3.02. The van der Waals surface area contributed by atoms with Gasteiger partial charge >= 0.3 is 5.97 Å². The van der Waals surface area contributed by atoms with Crippen LogP contribution in [0.1, 0.15) is 0 Å². The summed E-state index contributed by atoms with van der Waals surface area (Å²) in [5.41, 5.74) is 0.196. The molecule has 0 spiro atoms. The minimum atomic E-state index is -0.954. The number of methoxy groups -OCH3 is 2. The summed E-state index contributed by atoms with van der Waals surface area (Å²) < 4.78 is 10.5. The van der Waals surface area contributed by atoms with E-state index in [-0.39, 0.29) is 17.8 Å². The first kappa shape index (κ1) is 12.2. The Kier molecular flexibility index (Phi) is 4.26. The number of ether oxygens (including phenoxy) is 2. The summed E-state index contributed by atoms with van der Waals surface area (Å²) in [6.45, 7) is 5.22. The van der Waals surface area contributed by atoms with E-state index in [1.165, 1.54) is 0 Å². The third-order valence-corrected chi connectivity index (χ3v) is 2.61. The molecule has 1 saturated heterocycles. The molecule has 1 aliphatic rings. The van der Waals surface area contributed by atoms with E-state index in [0.29, 0.717) is 19.6 Å². The van der Waals surface area contributed by atoms with E-state index in [9.17, 15) is 4.79 Å². The van der Waals surface area contributed by atoms with Crippen LogP contribution in [0.25, 0.3) is 0 Å². The van der Waals surface area contributed by atoms with Crippen LogP contribution in [0.3, 0.4) is 0 Å². The minimum Gasteiger partial charge on any atom is -0.478 e. The zero-order chi connectivity index (χ0) is 11.4. The van der Waals surface area contributed by atoms with E-state index in [2.05, 4.69) is 6.58 Å². The van der Waals surface area contributed by atoms with Gasteiger partial charge in [0.15, 0.2) is 0 Å². The van der Waals surface area contributed by atoms with Gasteiger partial charge in [-0.2, -0.15) is 0 Å². The summed E-state index contributed by atoms with van der Waals surface area (Å²) in [7, 11) is 3.26. The normalized spacial score (nSPS) is 26.8. The lowest BCUT2D eigenvalue weighted by atomic mass is 10.3. The average molecular weight is 215 g/mol. The van der Waals surface area contributed by atoms with Crippen LogP contribution in [0.5, 0.6) is 0 Å². The van der Waals surface area contributed by atoms with Gasteiger partial charge in [-0.25, -0.2) is 4.79 Å². The lowest BCUT2D eigenvalue weighted by Crippen LogP contribution is -2.27. The monoisotopic (exact) mass is 215 g/mol. The van der Waals surface area contributed by atoms with Gasteiger partial charge in [0, 0.05) is 39.4 Å². The first-order valence-corrected chi connectivity index (χ1v) is 4.77. The number of carbonyl (C=O) groups is 1. The second-order valence-electron chi connectivity index (χ2n) is 3.65. The van der Waals surface area contributed by atoms with Crippen molar-refractivity contribution < 1.29 is 19.4 Å². The van der Waals surface area contributed by atoms with Gasteiger partial charge in [0.05, 0.1) is 12.2 Å². The van der Waals surface area contributed by atoms with Crippen molar-refractivity contribution in [3.63, 3.8) is 0 Å². The van der Waals surface area contributed by atoms with Gasteiger partial charge in [-0.3, -0.25) is 4.90 Å². The van der Waals surface area contributed by atoms with Gasteiger partial charge in [-0.05, 0) is 0 Å². The molecule has 15 heavy (non-hydrogen) atoms. The van der Waals surface area contributed by atoms with Crippen molar-refractivity contribution in [3.8, 4) is 0 Å². The van der Waals surface area contributed by atoms with Crippen LogP contribution >= 0.6 is 0 Å². The molecule has 0 saturated carbocycles. The molecule has 1 N–H and O–H groups in total. The van der Waals surface area contributed by atoms with Crippen LogP contribution in [-0.4, -0.2) is 62.0 Å². The number of carboxylic acids is 1. The number of aliphatic carboxylic acids is 1. The molecule has 1 fully saturated rings. The molecule has 0 aromatic carbocycles. The molecule has 0 aliphatic carbocycles. The fraction of sp³-hybridized carbons (Fsp3) is 0.700. The Bertz CT molecular complexity index is 242. The van der Waals surface area contributed by atoms with Crippen LogP contribution < -0.4 is 0 Å². The molecular weight excluding hydrogens is 198 g/mol. The fourth-order valence-electron chi connectivity index (χ4n) is 1.74. The van der Waals surface area contributed by atoms with Gasteiger partial charge in [0.1, 0.15) is 0 Å². The molecule has 0 amide bonds. The Morgan fingerprint density at radius 2 is 1.87 bits per heavy atom. The fourth-order valence-corrected chi connectivity index (χ4v) is 1.74. The highest BCUT2D eigenvalue weighted by atomic mass is 16.5. The van der Waals surface area contributed by atoms with E-state index < -0.39 is 5.97 Å². The zero-order valence-corrected chi connectivity index (χ0v) is 9.10. The second-order valence-corrected chi connectivity index (χ2v) is 3.65. The first-order chi connectivity index (χ1) is 7.08. The summed E-state index contributed by atoms with van der Waals surface area (Å²) in [4.78, 5) is 12.6. The maximum absolute atomic E-state index is 10.6. The summed E-state index contributed by atoms with van der Waals surface area (Å²) in [5.74, 6) is -0.954. The molecular formula is C10H17NO4. The van der Waals surface area contributed by atoms with Crippen molar-refractivity contribution in [2.75, 3.05) is 33.9 Å². The Morgan fingerprint density at radius 3 is 2.20 bits per heavy atom. The number of likely N-dealkylation sites (tertiary alicyclic amines) is 1. The van der Waals surface area contributed by atoms with Crippen molar-refractivity contribution in [2.24, 2.45) is 0 Å². The van der Waals surface area contributed by atoms with Gasteiger partial charge < -0.3 is 14.6 Å². The molecule has 86 valence electrons. The zero-order valence-electron chi connectivity index (χ0n) is 9.10. The lowest BCUT2D eigenvalue weighted by molar-refractivity contribution is -0.132. The van der Waals surface area contributed by atoms with Gasteiger partial charge in [0.25, 0.3) is 0 Å². The molecule has 1 rings (SSSR count). The largest absolute Gasteiger partial charge is 0.478 e. The smallest absolute Gasteiger partial charge is 0.332 e. The highest BCUT2D eigenvalue weighted by Gasteiger charge is 2.33. The standard InChI is InChI=1S/C10H17NO4/c1-7(10(12)13)4-11-5-8(14-2)9(6-11)15-3/h8-9H,1,4-6H2,2-3H3,(H,12,13). The van der Waals surface area contributed by atoms with Crippen molar-refractivity contribution in [3.05, 3.63) is 12.2 Å². The van der Waals surface area contributed by atoms with E-state index >= 15 is 0 Å². The van der Waals surface area contributed by atoms with Gasteiger partial charge in [0.2, 0.25) is 0 Å². The Labute approximate surface area is 89.3 Å². The van der Waals surface area contributed by atoms with Crippen molar-refractivity contribution in [2.45, 2.75) is 12.2 Å². The predicted octanol–water partition coefficient (Wildman–Crippen LogP) is -0.0272. The molecule has 0 aromatic rings. The number of rotatable bonds is 5. The average Bonchev–Trinajstić information content (AvgIpc) is 2.59. The topological polar surface area (TPSA) is 59.0 Å². The number of hydrogen-bond acceptors (Lipinski definition) is 4. The Hall–Kier alpha value is -0.910.